The molecule has 0 unspecified atom stereocenters. The largest absolute Gasteiger partial charge is 0.393 e. The van der Waals surface area contributed by atoms with Gasteiger partial charge < -0.3 is 15.3 Å². The number of likely N-dealkylation sites (tertiary alicyclic amines) is 1. The Morgan fingerprint density at radius 2 is 1.78 bits per heavy atom. The Hall–Kier alpha value is -1.69. The number of aliphatic hydroxyl groups excluding tert-OH is 1. The Bertz CT molecular complexity index is 425. The lowest BCUT2D eigenvalue weighted by molar-refractivity contribution is 0.0972. The first-order chi connectivity index (χ1) is 8.54. The number of carbonyl (C=O) groups is 1. The predicted octanol–water partition coefficient (Wildman–Crippen LogP) is 1.95. The number of benzene rings is 1. The van der Waals surface area contributed by atoms with Crippen molar-refractivity contribution >= 4 is 11.7 Å². The Morgan fingerprint density at radius 3 is 2.33 bits per heavy atom. The van der Waals surface area contributed by atoms with Gasteiger partial charge in [0.2, 0.25) is 0 Å². The van der Waals surface area contributed by atoms with Crippen molar-refractivity contribution in [1.82, 2.24) is 4.90 Å². The van der Waals surface area contributed by atoms with Crippen LogP contribution in [0.4, 0.5) is 19.3 Å². The van der Waals surface area contributed by atoms with Gasteiger partial charge in [-0.25, -0.2) is 13.6 Å². The number of carbonyl (C=O) groups excluding carboxylic acids is 1. The summed E-state index contributed by atoms with van der Waals surface area (Å²) in [4.78, 5) is 13.3. The van der Waals surface area contributed by atoms with Gasteiger partial charge in [-0.2, -0.15) is 0 Å². The van der Waals surface area contributed by atoms with E-state index in [1.165, 1.54) is 4.90 Å². The number of halogens is 2. The zero-order chi connectivity index (χ0) is 13.1. The molecule has 2 amide bonds. The maximum Gasteiger partial charge on any atom is 0.321 e. The van der Waals surface area contributed by atoms with Crippen LogP contribution in [-0.4, -0.2) is 35.2 Å². The third-order valence-corrected chi connectivity index (χ3v) is 2.87. The van der Waals surface area contributed by atoms with Gasteiger partial charge in [0.25, 0.3) is 0 Å². The van der Waals surface area contributed by atoms with Crippen molar-refractivity contribution < 1.29 is 18.7 Å². The minimum absolute atomic E-state index is 0.0867. The summed E-state index contributed by atoms with van der Waals surface area (Å²) in [5.41, 5.74) is 0.0867. The van der Waals surface area contributed by atoms with Crippen molar-refractivity contribution in [3.8, 4) is 0 Å². The van der Waals surface area contributed by atoms with E-state index in [1.54, 1.807) is 0 Å². The molecular formula is C12H14F2N2O2. The van der Waals surface area contributed by atoms with Gasteiger partial charge in [-0.1, -0.05) is 0 Å². The van der Waals surface area contributed by atoms with Gasteiger partial charge in [-0.05, 0) is 25.0 Å². The second-order valence-electron chi connectivity index (χ2n) is 4.31. The van der Waals surface area contributed by atoms with Gasteiger partial charge in [0.15, 0.2) is 0 Å². The van der Waals surface area contributed by atoms with E-state index >= 15 is 0 Å². The number of rotatable bonds is 1. The summed E-state index contributed by atoms with van der Waals surface area (Å²) in [5, 5.41) is 11.7. The van der Waals surface area contributed by atoms with Crippen LogP contribution in [0.1, 0.15) is 12.8 Å². The van der Waals surface area contributed by atoms with Crippen LogP contribution in [0.15, 0.2) is 18.2 Å². The molecule has 0 bridgehead atoms. The van der Waals surface area contributed by atoms with Crippen LogP contribution in [0, 0.1) is 11.6 Å². The highest BCUT2D eigenvalue weighted by Gasteiger charge is 2.21. The summed E-state index contributed by atoms with van der Waals surface area (Å²) in [6.07, 6.45) is 0.663. The van der Waals surface area contributed by atoms with Gasteiger partial charge in [0.05, 0.1) is 6.10 Å². The third-order valence-electron chi connectivity index (χ3n) is 2.87. The summed E-state index contributed by atoms with van der Waals surface area (Å²) in [7, 11) is 0. The lowest BCUT2D eigenvalue weighted by atomic mass is 10.1. The van der Waals surface area contributed by atoms with Crippen molar-refractivity contribution in [2.75, 3.05) is 18.4 Å². The summed E-state index contributed by atoms with van der Waals surface area (Å²) in [5.74, 6) is -1.47. The van der Waals surface area contributed by atoms with Crippen molar-refractivity contribution in [2.24, 2.45) is 0 Å². The molecule has 2 N–H and O–H groups in total. The van der Waals surface area contributed by atoms with Crippen LogP contribution in [0.2, 0.25) is 0 Å². The average Bonchev–Trinajstić information content (AvgIpc) is 2.28. The fraction of sp³-hybridized carbons (Fsp3) is 0.417. The van der Waals surface area contributed by atoms with E-state index in [-0.39, 0.29) is 11.8 Å². The molecule has 6 heteroatoms. The topological polar surface area (TPSA) is 52.6 Å². The zero-order valence-corrected chi connectivity index (χ0v) is 9.70. The molecule has 1 aliphatic heterocycles. The van der Waals surface area contributed by atoms with Crippen LogP contribution in [-0.2, 0) is 0 Å². The molecule has 98 valence electrons. The van der Waals surface area contributed by atoms with Gasteiger partial charge in [-0.15, -0.1) is 0 Å². The summed E-state index contributed by atoms with van der Waals surface area (Å²) in [6, 6.07) is 2.44. The van der Waals surface area contributed by atoms with E-state index in [9.17, 15) is 18.7 Å². The van der Waals surface area contributed by atoms with Crippen molar-refractivity contribution in [1.29, 1.82) is 0 Å². The first-order valence-electron chi connectivity index (χ1n) is 5.74. The molecule has 1 aromatic carbocycles. The number of piperidine rings is 1. The first-order valence-corrected chi connectivity index (χ1v) is 5.74. The second kappa shape index (κ2) is 5.30. The van der Waals surface area contributed by atoms with E-state index in [1.807, 2.05) is 0 Å². The van der Waals surface area contributed by atoms with E-state index in [0.29, 0.717) is 25.9 Å². The standard InChI is InChI=1S/C12H14F2N2O2/c13-8-5-9(14)7-10(6-8)15-12(18)16-3-1-11(17)2-4-16/h5-7,11,17H,1-4H2,(H,15,18). The number of nitrogens with one attached hydrogen (secondary N) is 1. The molecule has 4 nitrogen and oxygen atoms in total. The van der Waals surface area contributed by atoms with Crippen LogP contribution in [0.3, 0.4) is 0 Å². The molecule has 1 aliphatic rings. The molecular weight excluding hydrogens is 242 g/mol. The molecule has 0 aromatic heterocycles. The molecule has 18 heavy (non-hydrogen) atoms. The smallest absolute Gasteiger partial charge is 0.321 e. The second-order valence-corrected chi connectivity index (χ2v) is 4.31. The van der Waals surface area contributed by atoms with Crippen molar-refractivity contribution in [3.05, 3.63) is 29.8 Å². The van der Waals surface area contributed by atoms with Gasteiger partial charge >= 0.3 is 6.03 Å². The Morgan fingerprint density at radius 1 is 1.22 bits per heavy atom. The monoisotopic (exact) mass is 256 g/mol. The summed E-state index contributed by atoms with van der Waals surface area (Å²) >= 11 is 0. The van der Waals surface area contributed by atoms with Crippen LogP contribution < -0.4 is 5.32 Å². The van der Waals surface area contributed by atoms with Crippen LogP contribution in [0.5, 0.6) is 0 Å². The van der Waals surface area contributed by atoms with Crippen LogP contribution in [0.25, 0.3) is 0 Å². The molecule has 1 heterocycles. The lowest BCUT2D eigenvalue weighted by Crippen LogP contribution is -2.42. The van der Waals surface area contributed by atoms with Crippen molar-refractivity contribution in [2.45, 2.75) is 18.9 Å². The van der Waals surface area contributed by atoms with E-state index in [2.05, 4.69) is 5.32 Å². The molecule has 0 saturated carbocycles. The normalized spacial score (nSPS) is 16.7. The number of hydrogen-bond acceptors (Lipinski definition) is 2. The highest BCUT2D eigenvalue weighted by Crippen LogP contribution is 2.15. The number of nitrogens with zero attached hydrogens (tertiary/aromatic N) is 1. The van der Waals surface area contributed by atoms with E-state index < -0.39 is 17.7 Å². The molecule has 0 atom stereocenters. The number of aliphatic hydroxyl groups is 1. The molecule has 0 aliphatic carbocycles. The quantitative estimate of drug-likeness (QED) is 0.807. The number of hydrogen-bond donors (Lipinski definition) is 2. The maximum atomic E-state index is 12.9. The highest BCUT2D eigenvalue weighted by atomic mass is 19.1. The van der Waals surface area contributed by atoms with Gasteiger partial charge in [0.1, 0.15) is 11.6 Å². The molecule has 2 rings (SSSR count). The maximum absolute atomic E-state index is 12.9. The number of anilines is 1. The predicted molar refractivity (Wildman–Crippen MR) is 62.2 cm³/mol. The fourth-order valence-electron chi connectivity index (χ4n) is 1.90. The first kappa shape index (κ1) is 12.8. The lowest BCUT2D eigenvalue weighted by Gasteiger charge is -2.29. The Labute approximate surface area is 103 Å². The van der Waals surface area contributed by atoms with Gasteiger partial charge in [0, 0.05) is 24.8 Å². The molecule has 1 saturated heterocycles. The SMILES string of the molecule is O=C(Nc1cc(F)cc(F)c1)N1CCC(O)CC1. The summed E-state index contributed by atoms with van der Waals surface area (Å²) < 4.78 is 25.9. The third kappa shape index (κ3) is 3.16. The average molecular weight is 256 g/mol. The number of amides is 2. The minimum Gasteiger partial charge on any atom is -0.393 e. The molecule has 1 fully saturated rings. The van der Waals surface area contributed by atoms with E-state index in [4.69, 9.17) is 0 Å². The molecule has 0 spiro atoms. The Balaban J connectivity index is 1.98. The molecule has 1 aromatic rings. The summed E-state index contributed by atoms with van der Waals surface area (Å²) in [6.45, 7) is 0.871. The minimum atomic E-state index is -0.737. The van der Waals surface area contributed by atoms with E-state index in [0.717, 1.165) is 18.2 Å². The van der Waals surface area contributed by atoms with Crippen LogP contribution >= 0.6 is 0 Å². The number of urea groups is 1. The molecule has 0 radical (unpaired) electrons. The fourth-order valence-corrected chi connectivity index (χ4v) is 1.90. The van der Waals surface area contributed by atoms with Gasteiger partial charge in [-0.3, -0.25) is 0 Å². The van der Waals surface area contributed by atoms with Crippen molar-refractivity contribution in [3.63, 3.8) is 0 Å². The highest BCUT2D eigenvalue weighted by molar-refractivity contribution is 5.89. The Kier molecular flexibility index (Phi) is 3.76. The zero-order valence-electron chi connectivity index (χ0n) is 9.70.